The summed E-state index contributed by atoms with van der Waals surface area (Å²) >= 11 is 0. The summed E-state index contributed by atoms with van der Waals surface area (Å²) in [6.45, 7) is 0. The lowest BCUT2D eigenvalue weighted by atomic mass is 9.92. The Morgan fingerprint density at radius 1 is 0.871 bits per heavy atom. The Morgan fingerprint density at radius 2 is 1.55 bits per heavy atom. The second kappa shape index (κ2) is 8.98. The van der Waals surface area contributed by atoms with Gasteiger partial charge in [-0.3, -0.25) is 0 Å². The highest BCUT2D eigenvalue weighted by Crippen LogP contribution is 2.32. The zero-order valence-corrected chi connectivity index (χ0v) is 16.9. The van der Waals surface area contributed by atoms with Gasteiger partial charge in [-0.05, 0) is 45.7 Å². The lowest BCUT2D eigenvalue weighted by molar-refractivity contribution is -0.135. The standard InChI is InChI=1S/C27H19NO3/c1-30-27(29)21(18-28)16-22-14-15-23(31-22)17-26(20-8-3-2-4-9-20)25-13-7-11-19-10-5-6-12-24(19)25/h2-17H,1H3. The Kier molecular flexibility index (Phi) is 5.77. The molecule has 1 heterocycles. The average molecular weight is 405 g/mol. The molecule has 0 saturated heterocycles. The Bertz CT molecular complexity index is 1330. The van der Waals surface area contributed by atoms with E-state index in [1.54, 1.807) is 6.07 Å². The van der Waals surface area contributed by atoms with Crippen LogP contribution in [0, 0.1) is 11.3 Å². The molecule has 0 aliphatic heterocycles. The van der Waals surface area contributed by atoms with Crippen molar-refractivity contribution in [1.29, 1.82) is 5.26 Å². The minimum Gasteiger partial charge on any atom is -0.465 e. The molecule has 0 atom stereocenters. The van der Waals surface area contributed by atoms with Gasteiger partial charge >= 0.3 is 5.97 Å². The number of nitriles is 1. The van der Waals surface area contributed by atoms with Crippen LogP contribution in [-0.4, -0.2) is 13.1 Å². The predicted molar refractivity (Wildman–Crippen MR) is 122 cm³/mol. The van der Waals surface area contributed by atoms with Crippen LogP contribution in [-0.2, 0) is 9.53 Å². The van der Waals surface area contributed by atoms with E-state index in [9.17, 15) is 4.79 Å². The van der Waals surface area contributed by atoms with Gasteiger partial charge in [-0.1, -0.05) is 72.8 Å². The number of rotatable bonds is 5. The van der Waals surface area contributed by atoms with Gasteiger partial charge in [-0.25, -0.2) is 4.79 Å². The first kappa shape index (κ1) is 19.9. The van der Waals surface area contributed by atoms with Crippen molar-refractivity contribution in [1.82, 2.24) is 0 Å². The fourth-order valence-electron chi connectivity index (χ4n) is 3.45. The van der Waals surface area contributed by atoms with Crippen LogP contribution in [0.5, 0.6) is 0 Å². The summed E-state index contributed by atoms with van der Waals surface area (Å²) in [6.07, 6.45) is 3.35. The second-order valence-corrected chi connectivity index (χ2v) is 6.85. The normalized spacial score (nSPS) is 11.9. The summed E-state index contributed by atoms with van der Waals surface area (Å²) in [7, 11) is 1.24. The molecule has 150 valence electrons. The molecule has 31 heavy (non-hydrogen) atoms. The number of carbonyl (C=O) groups excluding carboxylic acids is 1. The van der Waals surface area contributed by atoms with Crippen LogP contribution in [0.15, 0.2) is 94.9 Å². The summed E-state index contributed by atoms with van der Waals surface area (Å²) in [4.78, 5) is 11.7. The first-order valence-electron chi connectivity index (χ1n) is 9.75. The highest BCUT2D eigenvalue weighted by Gasteiger charge is 2.12. The number of fused-ring (bicyclic) bond motifs is 1. The Morgan fingerprint density at radius 3 is 2.29 bits per heavy atom. The third-order valence-corrected chi connectivity index (χ3v) is 4.91. The maximum atomic E-state index is 11.7. The summed E-state index contributed by atoms with van der Waals surface area (Å²) < 4.78 is 10.5. The van der Waals surface area contributed by atoms with E-state index < -0.39 is 5.97 Å². The predicted octanol–water partition coefficient (Wildman–Crippen LogP) is 6.10. The molecule has 1 aromatic heterocycles. The van der Waals surface area contributed by atoms with Gasteiger partial charge in [-0.15, -0.1) is 0 Å². The number of benzene rings is 3. The van der Waals surface area contributed by atoms with E-state index in [4.69, 9.17) is 9.68 Å². The molecule has 0 unspecified atom stereocenters. The van der Waals surface area contributed by atoms with Gasteiger partial charge in [-0.2, -0.15) is 5.26 Å². The van der Waals surface area contributed by atoms with Crippen molar-refractivity contribution in [2.75, 3.05) is 7.11 Å². The van der Waals surface area contributed by atoms with Crippen molar-refractivity contribution >= 4 is 34.5 Å². The molecule has 0 radical (unpaired) electrons. The van der Waals surface area contributed by atoms with Gasteiger partial charge in [0.15, 0.2) is 0 Å². The van der Waals surface area contributed by atoms with Crippen LogP contribution in [0.2, 0.25) is 0 Å². The molecule has 0 spiro atoms. The lowest BCUT2D eigenvalue weighted by Crippen LogP contribution is -2.02. The monoisotopic (exact) mass is 405 g/mol. The van der Waals surface area contributed by atoms with E-state index in [1.165, 1.54) is 13.2 Å². The molecule has 4 aromatic rings. The number of furan rings is 1. The Balaban J connectivity index is 1.83. The largest absolute Gasteiger partial charge is 0.465 e. The van der Waals surface area contributed by atoms with E-state index in [-0.39, 0.29) is 5.57 Å². The molecule has 0 bridgehead atoms. The second-order valence-electron chi connectivity index (χ2n) is 6.85. The lowest BCUT2D eigenvalue weighted by Gasteiger charge is -2.11. The molecule has 4 nitrogen and oxygen atoms in total. The van der Waals surface area contributed by atoms with Crippen molar-refractivity contribution in [2.45, 2.75) is 0 Å². The molecule has 0 aliphatic carbocycles. The van der Waals surface area contributed by atoms with Gasteiger partial charge in [0.2, 0.25) is 0 Å². The number of hydrogen-bond acceptors (Lipinski definition) is 4. The van der Waals surface area contributed by atoms with Gasteiger partial charge in [0, 0.05) is 6.08 Å². The fraction of sp³-hybridized carbons (Fsp3) is 0.0370. The molecule has 0 aliphatic rings. The van der Waals surface area contributed by atoms with Crippen molar-refractivity contribution < 1.29 is 13.9 Å². The highest BCUT2D eigenvalue weighted by molar-refractivity contribution is 6.02. The van der Waals surface area contributed by atoms with Crippen LogP contribution in [0.25, 0.3) is 28.5 Å². The average Bonchev–Trinajstić information content (AvgIpc) is 3.28. The molecule has 3 aromatic carbocycles. The molecule has 4 heteroatoms. The molecule has 4 rings (SSSR count). The summed E-state index contributed by atoms with van der Waals surface area (Å²) in [5.74, 6) is 0.315. The number of ether oxygens (including phenoxy) is 1. The fourth-order valence-corrected chi connectivity index (χ4v) is 3.45. The summed E-state index contributed by atoms with van der Waals surface area (Å²) in [5, 5.41) is 11.5. The van der Waals surface area contributed by atoms with E-state index in [0.29, 0.717) is 11.5 Å². The Labute approximate surface area is 180 Å². The first-order valence-corrected chi connectivity index (χ1v) is 9.75. The molecule has 0 fully saturated rings. The SMILES string of the molecule is COC(=O)C(C#N)=Cc1ccc(C=C(c2ccccc2)c2cccc3ccccc23)o1. The number of nitrogens with zero attached hydrogens (tertiary/aromatic N) is 1. The van der Waals surface area contributed by atoms with E-state index in [0.717, 1.165) is 27.5 Å². The summed E-state index contributed by atoms with van der Waals surface area (Å²) in [5.41, 5.74) is 3.03. The van der Waals surface area contributed by atoms with Gasteiger partial charge in [0.1, 0.15) is 23.2 Å². The van der Waals surface area contributed by atoms with Crippen molar-refractivity contribution in [3.8, 4) is 6.07 Å². The van der Waals surface area contributed by atoms with Crippen molar-refractivity contribution in [3.05, 3.63) is 113 Å². The third kappa shape index (κ3) is 4.31. The maximum absolute atomic E-state index is 11.7. The number of methoxy groups -OCH3 is 1. The number of esters is 1. The minimum absolute atomic E-state index is 0.121. The zero-order valence-electron chi connectivity index (χ0n) is 16.9. The zero-order chi connectivity index (χ0) is 21.6. The van der Waals surface area contributed by atoms with E-state index in [2.05, 4.69) is 41.1 Å². The minimum atomic E-state index is -0.697. The molecule has 0 amide bonds. The number of carbonyl (C=O) groups is 1. The Hall–Kier alpha value is -4.36. The summed E-state index contributed by atoms with van der Waals surface area (Å²) in [6, 6.07) is 29.9. The van der Waals surface area contributed by atoms with Crippen molar-refractivity contribution in [3.63, 3.8) is 0 Å². The molecule has 0 N–H and O–H groups in total. The van der Waals surface area contributed by atoms with Gasteiger partial charge in [0.05, 0.1) is 7.11 Å². The van der Waals surface area contributed by atoms with E-state index >= 15 is 0 Å². The smallest absolute Gasteiger partial charge is 0.348 e. The highest BCUT2D eigenvalue weighted by atomic mass is 16.5. The third-order valence-electron chi connectivity index (χ3n) is 4.91. The molecule has 0 saturated carbocycles. The first-order chi connectivity index (χ1) is 15.2. The van der Waals surface area contributed by atoms with Crippen LogP contribution < -0.4 is 0 Å². The topological polar surface area (TPSA) is 63.2 Å². The quantitative estimate of drug-likeness (QED) is 0.229. The van der Waals surface area contributed by atoms with Crippen LogP contribution in [0.1, 0.15) is 22.6 Å². The van der Waals surface area contributed by atoms with Gasteiger partial charge < -0.3 is 9.15 Å². The van der Waals surface area contributed by atoms with Crippen molar-refractivity contribution in [2.24, 2.45) is 0 Å². The molecular formula is C27H19NO3. The van der Waals surface area contributed by atoms with Crippen LogP contribution >= 0.6 is 0 Å². The van der Waals surface area contributed by atoms with Crippen LogP contribution in [0.3, 0.4) is 0 Å². The van der Waals surface area contributed by atoms with E-state index in [1.807, 2.05) is 54.6 Å². The van der Waals surface area contributed by atoms with Gasteiger partial charge in [0.25, 0.3) is 0 Å². The molecular weight excluding hydrogens is 386 g/mol. The van der Waals surface area contributed by atoms with Crippen LogP contribution in [0.4, 0.5) is 0 Å². The maximum Gasteiger partial charge on any atom is 0.348 e. The number of hydrogen-bond donors (Lipinski definition) is 0.